The average molecular weight is 398 g/mol. The lowest BCUT2D eigenvalue weighted by molar-refractivity contribution is 0.790. The maximum atomic E-state index is 4.60. The Bertz CT molecular complexity index is 1120. The second kappa shape index (κ2) is 9.51. The molecule has 3 aromatic rings. The summed E-state index contributed by atoms with van der Waals surface area (Å²) in [5.74, 6) is 1.18. The highest BCUT2D eigenvalue weighted by atomic mass is 15.5. The van der Waals surface area contributed by atoms with Gasteiger partial charge in [0.25, 0.3) is 5.95 Å². The van der Waals surface area contributed by atoms with E-state index in [1.807, 2.05) is 67.9 Å². The van der Waals surface area contributed by atoms with Gasteiger partial charge in [-0.1, -0.05) is 55.5 Å². The van der Waals surface area contributed by atoms with Crippen molar-refractivity contribution in [2.75, 3.05) is 18.5 Å². The molecule has 2 aromatic carbocycles. The molecule has 1 aromatic heterocycles. The smallest absolute Gasteiger partial charge is 0.266 e. The van der Waals surface area contributed by atoms with E-state index in [0.29, 0.717) is 25.5 Å². The Morgan fingerprint density at radius 1 is 0.767 bits per heavy atom. The fraction of sp³-hybridized carbons (Fsp3) is 0.182. The van der Waals surface area contributed by atoms with Gasteiger partial charge in [0.1, 0.15) is 0 Å². The van der Waals surface area contributed by atoms with E-state index in [2.05, 4.69) is 35.8 Å². The van der Waals surface area contributed by atoms with E-state index in [1.54, 1.807) is 17.1 Å². The zero-order valence-electron chi connectivity index (χ0n) is 16.7. The van der Waals surface area contributed by atoms with Crippen LogP contribution in [0.4, 0.5) is 5.95 Å². The number of aliphatic imine (C=N–C) groups is 2. The molecule has 1 aliphatic heterocycles. The fourth-order valence-corrected chi connectivity index (χ4v) is 2.94. The third-order valence-corrected chi connectivity index (χ3v) is 4.51. The van der Waals surface area contributed by atoms with Crippen LogP contribution in [0.5, 0.6) is 0 Å². The molecule has 8 nitrogen and oxygen atoms in total. The van der Waals surface area contributed by atoms with Gasteiger partial charge >= 0.3 is 0 Å². The highest BCUT2D eigenvalue weighted by molar-refractivity contribution is 5.95. The first-order valence-electron chi connectivity index (χ1n) is 9.80. The molecular weight excluding hydrogens is 376 g/mol. The minimum atomic E-state index is 0.445. The molecule has 0 unspecified atom stereocenters. The van der Waals surface area contributed by atoms with E-state index in [-0.39, 0.29) is 0 Å². The van der Waals surface area contributed by atoms with Crippen LogP contribution in [-0.4, -0.2) is 52.8 Å². The Labute approximate surface area is 174 Å². The molecule has 30 heavy (non-hydrogen) atoms. The van der Waals surface area contributed by atoms with Crippen molar-refractivity contribution in [3.63, 3.8) is 0 Å². The van der Waals surface area contributed by atoms with Crippen molar-refractivity contribution in [3.05, 3.63) is 76.6 Å². The third-order valence-electron chi connectivity index (χ3n) is 4.51. The van der Waals surface area contributed by atoms with E-state index >= 15 is 0 Å². The molecule has 0 saturated carbocycles. The van der Waals surface area contributed by atoms with Crippen LogP contribution in [0.2, 0.25) is 0 Å². The van der Waals surface area contributed by atoms with Crippen LogP contribution in [0.15, 0.2) is 68.7 Å². The molecule has 150 valence electrons. The van der Waals surface area contributed by atoms with Gasteiger partial charge in [-0.25, -0.2) is 5.43 Å². The third kappa shape index (κ3) is 4.54. The number of aromatic nitrogens is 3. The Hall–Kier alpha value is -3.94. The van der Waals surface area contributed by atoms with Gasteiger partial charge in [0.05, 0.1) is 25.5 Å². The molecule has 0 bridgehead atoms. The number of rotatable bonds is 1. The summed E-state index contributed by atoms with van der Waals surface area (Å²) in [5.41, 5.74) is 6.81. The first-order chi connectivity index (χ1) is 14.8. The monoisotopic (exact) mass is 398 g/mol. The van der Waals surface area contributed by atoms with Crippen molar-refractivity contribution in [1.29, 1.82) is 0 Å². The topological polar surface area (TPSA) is 92.2 Å². The minimum absolute atomic E-state index is 0.445. The van der Waals surface area contributed by atoms with Crippen molar-refractivity contribution < 1.29 is 0 Å². The van der Waals surface area contributed by atoms with Crippen LogP contribution in [0.3, 0.4) is 0 Å². The number of hydrazone groups is 1. The van der Waals surface area contributed by atoms with Crippen molar-refractivity contribution in [2.45, 2.75) is 13.3 Å². The average Bonchev–Trinajstić information content (AvgIpc) is 3.17. The zero-order valence-corrected chi connectivity index (χ0v) is 16.7. The zero-order chi connectivity index (χ0) is 20.6. The lowest BCUT2D eigenvalue weighted by Gasteiger charge is -2.04. The SMILES string of the molecule is CCc1nnc2n1/N=C/c1ccccc1C=NCCN=Cc1ccccc1/C=N/N2. The quantitative estimate of drug-likeness (QED) is 0.683. The second-order valence-electron chi connectivity index (χ2n) is 6.55. The van der Waals surface area contributed by atoms with Gasteiger partial charge in [0, 0.05) is 41.1 Å². The Morgan fingerprint density at radius 3 is 1.93 bits per heavy atom. The molecule has 2 heterocycles. The van der Waals surface area contributed by atoms with Crippen molar-refractivity contribution in [3.8, 4) is 0 Å². The predicted molar refractivity (Wildman–Crippen MR) is 121 cm³/mol. The van der Waals surface area contributed by atoms with Gasteiger partial charge in [0.15, 0.2) is 5.82 Å². The van der Waals surface area contributed by atoms with Crippen LogP contribution < -0.4 is 5.43 Å². The number of fused-ring (bicyclic) bond motifs is 3. The molecule has 0 aliphatic carbocycles. The van der Waals surface area contributed by atoms with Crippen LogP contribution in [0.1, 0.15) is 35.0 Å². The summed E-state index contributed by atoms with van der Waals surface area (Å²) in [7, 11) is 0. The molecule has 4 rings (SSSR count). The molecule has 0 spiro atoms. The number of hydrogen-bond donors (Lipinski definition) is 1. The van der Waals surface area contributed by atoms with E-state index in [9.17, 15) is 0 Å². The van der Waals surface area contributed by atoms with E-state index in [4.69, 9.17) is 0 Å². The highest BCUT2D eigenvalue weighted by Crippen LogP contribution is 2.11. The molecular formula is C22H22N8. The number of nitrogens with one attached hydrogen (secondary N) is 1. The summed E-state index contributed by atoms with van der Waals surface area (Å²) in [6.07, 6.45) is 7.92. The number of aryl methyl sites for hydroxylation is 1. The number of anilines is 1. The Kier molecular flexibility index (Phi) is 6.14. The second-order valence-corrected chi connectivity index (χ2v) is 6.55. The van der Waals surface area contributed by atoms with Gasteiger partial charge in [-0.2, -0.15) is 14.9 Å². The highest BCUT2D eigenvalue weighted by Gasteiger charge is 2.09. The Morgan fingerprint density at radius 2 is 1.33 bits per heavy atom. The van der Waals surface area contributed by atoms with Crippen LogP contribution >= 0.6 is 0 Å². The van der Waals surface area contributed by atoms with Crippen molar-refractivity contribution >= 4 is 30.8 Å². The molecule has 1 aliphatic rings. The van der Waals surface area contributed by atoms with E-state index in [1.165, 1.54) is 0 Å². The minimum Gasteiger partial charge on any atom is -0.291 e. The molecule has 0 radical (unpaired) electrons. The van der Waals surface area contributed by atoms with Crippen LogP contribution in [0.25, 0.3) is 0 Å². The summed E-state index contributed by atoms with van der Waals surface area (Å²) in [6, 6.07) is 15.9. The van der Waals surface area contributed by atoms with Gasteiger partial charge in [0.2, 0.25) is 0 Å². The summed E-state index contributed by atoms with van der Waals surface area (Å²) in [5, 5.41) is 17.3. The molecule has 0 atom stereocenters. The lowest BCUT2D eigenvalue weighted by Crippen LogP contribution is -2.04. The first kappa shape index (κ1) is 19.4. The molecule has 1 N–H and O–H groups in total. The molecule has 8 heteroatoms. The summed E-state index contributed by atoms with van der Waals surface area (Å²) in [6.45, 7) is 3.22. The maximum absolute atomic E-state index is 4.60. The van der Waals surface area contributed by atoms with Gasteiger partial charge in [-0.3, -0.25) is 9.98 Å². The van der Waals surface area contributed by atoms with Gasteiger partial charge < -0.3 is 0 Å². The van der Waals surface area contributed by atoms with E-state index in [0.717, 1.165) is 28.1 Å². The summed E-state index contributed by atoms with van der Waals surface area (Å²) >= 11 is 0. The van der Waals surface area contributed by atoms with Crippen molar-refractivity contribution in [1.82, 2.24) is 14.9 Å². The summed E-state index contributed by atoms with van der Waals surface area (Å²) < 4.78 is 1.66. The molecule has 0 amide bonds. The number of nitrogens with zero attached hydrogens (tertiary/aromatic N) is 7. The number of hydrogen-bond acceptors (Lipinski definition) is 7. The number of benzene rings is 2. The largest absolute Gasteiger partial charge is 0.291 e. The predicted octanol–water partition coefficient (Wildman–Crippen LogP) is 3.02. The lowest BCUT2D eigenvalue weighted by atomic mass is 10.1. The van der Waals surface area contributed by atoms with Crippen molar-refractivity contribution in [2.24, 2.45) is 20.2 Å². The Balaban J connectivity index is 1.74. The molecule has 0 saturated heterocycles. The van der Waals surface area contributed by atoms with Crippen LogP contribution in [0, 0.1) is 0 Å². The van der Waals surface area contributed by atoms with Crippen LogP contribution in [-0.2, 0) is 6.42 Å². The summed E-state index contributed by atoms with van der Waals surface area (Å²) in [4.78, 5) is 9.01. The fourth-order valence-electron chi connectivity index (χ4n) is 2.94. The van der Waals surface area contributed by atoms with Gasteiger partial charge in [-0.05, 0) is 0 Å². The first-order valence-corrected chi connectivity index (χ1v) is 9.80. The normalized spacial score (nSPS) is 15.9. The maximum Gasteiger partial charge on any atom is 0.266 e. The van der Waals surface area contributed by atoms with E-state index < -0.39 is 0 Å². The molecule has 0 fully saturated rings. The standard InChI is InChI=1S/C22H22N8/c1-2-21-27-29-22-28-25-15-19-9-5-3-7-17(19)13-23-11-12-24-14-18-8-4-6-10-20(18)16-26-30(21)22/h3-10,13-16H,2,11-12H2,1H3,(H,28,29)/b23-13?,24-14?,25-15+,26-16+. The van der Waals surface area contributed by atoms with Gasteiger partial charge in [-0.15, -0.1) is 10.2 Å².